The third kappa shape index (κ3) is 6.93. The highest BCUT2D eigenvalue weighted by Gasteiger charge is 1.95. The summed E-state index contributed by atoms with van der Waals surface area (Å²) in [5, 5.41) is 0. The van der Waals surface area contributed by atoms with Crippen LogP contribution in [0.2, 0.25) is 0 Å². The molecule has 0 fully saturated rings. The fourth-order valence-electron chi connectivity index (χ4n) is 1.95. The second kappa shape index (κ2) is 8.98. The van der Waals surface area contributed by atoms with Crippen LogP contribution < -0.4 is 0 Å². The number of nitrogens with zero attached hydrogens (tertiary/aromatic N) is 1. The van der Waals surface area contributed by atoms with E-state index >= 15 is 0 Å². The molecule has 0 bridgehead atoms. The van der Waals surface area contributed by atoms with Gasteiger partial charge in [-0.1, -0.05) is 37.8 Å². The van der Waals surface area contributed by atoms with Gasteiger partial charge in [-0.05, 0) is 44.2 Å². The Labute approximate surface area is 106 Å². The average molecular weight is 231 g/mol. The molecule has 1 heterocycles. The van der Waals surface area contributed by atoms with Gasteiger partial charge < -0.3 is 0 Å². The minimum atomic E-state index is 1.13. The van der Waals surface area contributed by atoms with Gasteiger partial charge in [0, 0.05) is 11.9 Å². The normalized spacial score (nSPS) is 10.4. The maximum atomic E-state index is 4.43. The minimum absolute atomic E-state index is 1.13. The van der Waals surface area contributed by atoms with Crippen molar-refractivity contribution in [2.45, 2.75) is 58.3 Å². The summed E-state index contributed by atoms with van der Waals surface area (Å²) in [7, 11) is 0. The van der Waals surface area contributed by atoms with Crippen LogP contribution in [-0.4, -0.2) is 4.98 Å². The van der Waals surface area contributed by atoms with Crippen LogP contribution in [0, 0.1) is 6.92 Å². The molecule has 0 aromatic carbocycles. The van der Waals surface area contributed by atoms with E-state index in [9.17, 15) is 0 Å². The predicted molar refractivity (Wildman–Crippen MR) is 75.2 cm³/mol. The summed E-state index contributed by atoms with van der Waals surface area (Å²) in [5.74, 6) is 0. The molecule has 94 valence electrons. The van der Waals surface area contributed by atoms with Gasteiger partial charge in [0.15, 0.2) is 0 Å². The number of allylic oxidation sites excluding steroid dienone is 1. The number of unbranched alkanes of at least 4 members (excludes halogenated alkanes) is 6. The van der Waals surface area contributed by atoms with E-state index in [2.05, 4.69) is 30.6 Å². The summed E-state index contributed by atoms with van der Waals surface area (Å²) in [6, 6.07) is 4.30. The molecular weight excluding hydrogens is 206 g/mol. The van der Waals surface area contributed by atoms with Crippen molar-refractivity contribution >= 4 is 0 Å². The summed E-state index contributed by atoms with van der Waals surface area (Å²) in [6.07, 6.45) is 14.3. The van der Waals surface area contributed by atoms with Crippen LogP contribution >= 0.6 is 0 Å². The van der Waals surface area contributed by atoms with Gasteiger partial charge in [0.2, 0.25) is 0 Å². The van der Waals surface area contributed by atoms with E-state index in [4.69, 9.17) is 0 Å². The zero-order valence-corrected chi connectivity index (χ0v) is 11.1. The van der Waals surface area contributed by atoms with E-state index < -0.39 is 0 Å². The minimum Gasteiger partial charge on any atom is -0.261 e. The smallest absolute Gasteiger partial charge is 0.0403 e. The summed E-state index contributed by atoms with van der Waals surface area (Å²) >= 11 is 0. The zero-order valence-electron chi connectivity index (χ0n) is 11.1. The Morgan fingerprint density at radius 2 is 1.76 bits per heavy atom. The summed E-state index contributed by atoms with van der Waals surface area (Å²) in [4.78, 5) is 4.43. The topological polar surface area (TPSA) is 12.9 Å². The SMILES string of the molecule is C=CCCCCCCCCc1ccc(C)cn1. The number of hydrogen-bond acceptors (Lipinski definition) is 1. The Balaban J connectivity index is 1.97. The third-order valence-electron chi connectivity index (χ3n) is 3.06. The second-order valence-electron chi connectivity index (χ2n) is 4.78. The monoisotopic (exact) mass is 231 g/mol. The molecule has 0 aliphatic heterocycles. The van der Waals surface area contributed by atoms with E-state index in [-0.39, 0.29) is 0 Å². The van der Waals surface area contributed by atoms with Crippen LogP contribution in [-0.2, 0) is 6.42 Å². The molecule has 0 aliphatic carbocycles. The Morgan fingerprint density at radius 3 is 2.41 bits per heavy atom. The number of pyridine rings is 1. The Hall–Kier alpha value is -1.11. The Kier molecular flexibility index (Phi) is 7.37. The lowest BCUT2D eigenvalue weighted by atomic mass is 10.1. The first-order chi connectivity index (χ1) is 8.33. The van der Waals surface area contributed by atoms with Crippen LogP contribution in [0.1, 0.15) is 56.2 Å². The molecule has 0 amide bonds. The molecule has 1 rings (SSSR count). The van der Waals surface area contributed by atoms with Crippen LogP contribution in [0.15, 0.2) is 31.0 Å². The van der Waals surface area contributed by atoms with Gasteiger partial charge in [0.05, 0.1) is 0 Å². The summed E-state index contributed by atoms with van der Waals surface area (Å²) < 4.78 is 0. The summed E-state index contributed by atoms with van der Waals surface area (Å²) in [5.41, 5.74) is 2.48. The maximum Gasteiger partial charge on any atom is 0.0403 e. The first-order valence-electron chi connectivity index (χ1n) is 6.85. The van der Waals surface area contributed by atoms with Crippen LogP contribution in [0.25, 0.3) is 0 Å². The highest BCUT2D eigenvalue weighted by Crippen LogP contribution is 2.10. The van der Waals surface area contributed by atoms with E-state index in [1.165, 1.54) is 56.2 Å². The predicted octanol–water partition coefficient (Wildman–Crippen LogP) is 4.85. The molecule has 0 atom stereocenters. The van der Waals surface area contributed by atoms with Gasteiger partial charge in [-0.15, -0.1) is 6.58 Å². The van der Waals surface area contributed by atoms with Gasteiger partial charge in [-0.2, -0.15) is 0 Å². The first kappa shape index (κ1) is 14.0. The Morgan fingerprint density at radius 1 is 1.06 bits per heavy atom. The van der Waals surface area contributed by atoms with Gasteiger partial charge in [0.25, 0.3) is 0 Å². The van der Waals surface area contributed by atoms with Crippen molar-refractivity contribution in [2.24, 2.45) is 0 Å². The molecule has 1 heteroatoms. The lowest BCUT2D eigenvalue weighted by molar-refractivity contribution is 0.594. The molecule has 0 N–H and O–H groups in total. The molecule has 0 aliphatic rings. The molecular formula is C16H25N. The molecule has 1 aromatic heterocycles. The van der Waals surface area contributed by atoms with Crippen molar-refractivity contribution < 1.29 is 0 Å². The van der Waals surface area contributed by atoms with Crippen molar-refractivity contribution in [2.75, 3.05) is 0 Å². The van der Waals surface area contributed by atoms with Crippen LogP contribution in [0.3, 0.4) is 0 Å². The fraction of sp³-hybridized carbons (Fsp3) is 0.562. The summed E-state index contributed by atoms with van der Waals surface area (Å²) in [6.45, 7) is 5.82. The van der Waals surface area contributed by atoms with Crippen LogP contribution in [0.5, 0.6) is 0 Å². The highest BCUT2D eigenvalue weighted by molar-refractivity contribution is 5.12. The van der Waals surface area contributed by atoms with Gasteiger partial charge in [0.1, 0.15) is 0 Å². The Bertz CT molecular complexity index is 300. The fourth-order valence-corrected chi connectivity index (χ4v) is 1.95. The second-order valence-corrected chi connectivity index (χ2v) is 4.78. The average Bonchev–Trinajstić information content (AvgIpc) is 2.35. The quantitative estimate of drug-likeness (QED) is 0.437. The molecule has 0 saturated heterocycles. The molecule has 0 saturated carbocycles. The van der Waals surface area contributed by atoms with Crippen molar-refractivity contribution in [1.29, 1.82) is 0 Å². The molecule has 0 radical (unpaired) electrons. The standard InChI is InChI=1S/C16H25N/c1-3-4-5-6-7-8-9-10-11-16-13-12-15(2)14-17-16/h3,12-14H,1,4-11H2,2H3. The number of hydrogen-bond donors (Lipinski definition) is 0. The molecule has 0 spiro atoms. The molecule has 1 nitrogen and oxygen atoms in total. The number of rotatable bonds is 9. The highest BCUT2D eigenvalue weighted by atomic mass is 14.7. The van der Waals surface area contributed by atoms with E-state index in [1.807, 2.05) is 12.3 Å². The van der Waals surface area contributed by atoms with Gasteiger partial charge >= 0.3 is 0 Å². The number of aromatic nitrogens is 1. The van der Waals surface area contributed by atoms with Gasteiger partial charge in [-0.25, -0.2) is 0 Å². The molecule has 17 heavy (non-hydrogen) atoms. The molecule has 0 unspecified atom stereocenters. The van der Waals surface area contributed by atoms with Crippen LogP contribution in [0.4, 0.5) is 0 Å². The van der Waals surface area contributed by atoms with Crippen molar-refractivity contribution in [3.63, 3.8) is 0 Å². The zero-order chi connectivity index (χ0) is 12.3. The van der Waals surface area contributed by atoms with E-state index in [0.29, 0.717) is 0 Å². The van der Waals surface area contributed by atoms with Crippen molar-refractivity contribution in [1.82, 2.24) is 4.98 Å². The van der Waals surface area contributed by atoms with E-state index in [0.717, 1.165) is 6.42 Å². The first-order valence-corrected chi connectivity index (χ1v) is 6.85. The van der Waals surface area contributed by atoms with Crippen molar-refractivity contribution in [3.05, 3.63) is 42.2 Å². The van der Waals surface area contributed by atoms with Crippen molar-refractivity contribution in [3.8, 4) is 0 Å². The maximum absolute atomic E-state index is 4.43. The van der Waals surface area contributed by atoms with E-state index in [1.54, 1.807) is 0 Å². The largest absolute Gasteiger partial charge is 0.261 e. The number of aryl methyl sites for hydroxylation is 2. The van der Waals surface area contributed by atoms with Gasteiger partial charge in [-0.3, -0.25) is 4.98 Å². The third-order valence-corrected chi connectivity index (χ3v) is 3.06. The lowest BCUT2D eigenvalue weighted by Crippen LogP contribution is -1.90. The molecule has 1 aromatic rings. The lowest BCUT2D eigenvalue weighted by Gasteiger charge is -2.02.